The molecule has 0 unspecified atom stereocenters. The molecular weight excluding hydrogens is 276 g/mol. The fraction of sp³-hybridized carbons (Fsp3) is 0.500. The fourth-order valence-corrected chi connectivity index (χ4v) is 3.36. The van der Waals surface area contributed by atoms with Gasteiger partial charge in [-0.2, -0.15) is 0 Å². The first-order valence-corrected chi connectivity index (χ1v) is 8.44. The van der Waals surface area contributed by atoms with Crippen molar-refractivity contribution >= 4 is 16.1 Å². The van der Waals surface area contributed by atoms with Crippen molar-refractivity contribution in [1.82, 2.24) is 10.0 Å². The van der Waals surface area contributed by atoms with Crippen molar-refractivity contribution in [2.24, 2.45) is 0 Å². The SMILES string of the molecule is O=C(NC1CCCCCC1)NS(=O)(=O)c1ccccc1. The van der Waals surface area contributed by atoms with Crippen LogP contribution in [-0.2, 0) is 10.0 Å². The molecular formula is C14H20N2O3S. The van der Waals surface area contributed by atoms with Gasteiger partial charge in [-0.05, 0) is 25.0 Å². The molecule has 1 fully saturated rings. The molecule has 0 atom stereocenters. The topological polar surface area (TPSA) is 75.3 Å². The third-order valence-corrected chi connectivity index (χ3v) is 4.82. The molecule has 110 valence electrons. The van der Waals surface area contributed by atoms with E-state index >= 15 is 0 Å². The molecule has 5 nitrogen and oxygen atoms in total. The zero-order valence-corrected chi connectivity index (χ0v) is 12.2. The Kier molecular flexibility index (Phi) is 5.00. The van der Waals surface area contributed by atoms with E-state index in [1.165, 1.54) is 25.0 Å². The summed E-state index contributed by atoms with van der Waals surface area (Å²) in [5, 5.41) is 2.76. The molecule has 0 bridgehead atoms. The second kappa shape index (κ2) is 6.74. The number of benzene rings is 1. The highest BCUT2D eigenvalue weighted by Crippen LogP contribution is 2.17. The average Bonchev–Trinajstić information content (AvgIpc) is 2.67. The van der Waals surface area contributed by atoms with E-state index in [4.69, 9.17) is 0 Å². The Morgan fingerprint density at radius 2 is 1.60 bits per heavy atom. The predicted molar refractivity (Wildman–Crippen MR) is 76.8 cm³/mol. The molecule has 20 heavy (non-hydrogen) atoms. The first-order valence-electron chi connectivity index (χ1n) is 6.96. The van der Waals surface area contributed by atoms with Gasteiger partial charge in [-0.25, -0.2) is 17.9 Å². The van der Waals surface area contributed by atoms with Crippen molar-refractivity contribution in [3.8, 4) is 0 Å². The average molecular weight is 296 g/mol. The molecule has 2 N–H and O–H groups in total. The van der Waals surface area contributed by atoms with Gasteiger partial charge >= 0.3 is 6.03 Å². The number of carbonyl (C=O) groups excluding carboxylic acids is 1. The molecule has 1 aromatic carbocycles. The van der Waals surface area contributed by atoms with Crippen LogP contribution in [0.1, 0.15) is 38.5 Å². The second-order valence-electron chi connectivity index (χ2n) is 5.08. The number of hydrogen-bond donors (Lipinski definition) is 2. The van der Waals surface area contributed by atoms with Crippen LogP contribution < -0.4 is 10.0 Å². The van der Waals surface area contributed by atoms with Crippen LogP contribution in [0.15, 0.2) is 35.2 Å². The summed E-state index contributed by atoms with van der Waals surface area (Å²) in [6.07, 6.45) is 6.36. The van der Waals surface area contributed by atoms with Gasteiger partial charge in [0, 0.05) is 6.04 Å². The van der Waals surface area contributed by atoms with Gasteiger partial charge in [-0.15, -0.1) is 0 Å². The van der Waals surface area contributed by atoms with E-state index in [9.17, 15) is 13.2 Å². The highest BCUT2D eigenvalue weighted by Gasteiger charge is 2.20. The zero-order chi connectivity index (χ0) is 14.4. The van der Waals surface area contributed by atoms with Crippen LogP contribution in [0.3, 0.4) is 0 Å². The molecule has 1 aliphatic carbocycles. The lowest BCUT2D eigenvalue weighted by atomic mass is 10.1. The number of nitrogens with one attached hydrogen (secondary N) is 2. The molecule has 1 aromatic rings. The van der Waals surface area contributed by atoms with Gasteiger partial charge in [0.05, 0.1) is 4.90 Å². The summed E-state index contributed by atoms with van der Waals surface area (Å²) >= 11 is 0. The first kappa shape index (κ1) is 14.8. The van der Waals surface area contributed by atoms with Crippen molar-refractivity contribution < 1.29 is 13.2 Å². The lowest BCUT2D eigenvalue weighted by Crippen LogP contribution is -2.44. The van der Waals surface area contributed by atoms with Crippen LogP contribution in [0.25, 0.3) is 0 Å². The molecule has 0 spiro atoms. The third kappa shape index (κ3) is 4.23. The summed E-state index contributed by atoms with van der Waals surface area (Å²) < 4.78 is 26.0. The Bertz CT molecular complexity index is 535. The molecule has 1 saturated carbocycles. The summed E-state index contributed by atoms with van der Waals surface area (Å²) in [4.78, 5) is 11.9. The summed E-state index contributed by atoms with van der Waals surface area (Å²) in [7, 11) is -3.78. The van der Waals surface area contributed by atoms with Crippen LogP contribution in [0.4, 0.5) is 4.79 Å². The van der Waals surface area contributed by atoms with E-state index < -0.39 is 16.1 Å². The van der Waals surface area contributed by atoms with Gasteiger partial charge in [0.2, 0.25) is 0 Å². The molecule has 0 radical (unpaired) electrons. The highest BCUT2D eigenvalue weighted by molar-refractivity contribution is 7.90. The largest absolute Gasteiger partial charge is 0.335 e. The Labute approximate surface area is 119 Å². The molecule has 6 heteroatoms. The Hall–Kier alpha value is -1.56. The molecule has 2 rings (SSSR count). The maximum Gasteiger partial charge on any atom is 0.328 e. The van der Waals surface area contributed by atoms with Crippen LogP contribution >= 0.6 is 0 Å². The number of amides is 2. The van der Waals surface area contributed by atoms with Gasteiger partial charge < -0.3 is 5.32 Å². The number of sulfonamides is 1. The van der Waals surface area contributed by atoms with Crippen molar-refractivity contribution in [2.45, 2.75) is 49.5 Å². The van der Waals surface area contributed by atoms with Gasteiger partial charge in [-0.1, -0.05) is 43.9 Å². The van der Waals surface area contributed by atoms with Gasteiger partial charge in [0.1, 0.15) is 0 Å². The Balaban J connectivity index is 1.93. The summed E-state index contributed by atoms with van der Waals surface area (Å²) in [6.45, 7) is 0. The summed E-state index contributed by atoms with van der Waals surface area (Å²) in [6, 6.07) is 7.33. The van der Waals surface area contributed by atoms with Gasteiger partial charge in [0.15, 0.2) is 0 Å². The Morgan fingerprint density at radius 1 is 1.00 bits per heavy atom. The standard InChI is InChI=1S/C14H20N2O3S/c17-14(15-12-8-4-1-2-5-9-12)16-20(18,19)13-10-6-3-7-11-13/h3,6-7,10-12H,1-2,4-5,8-9H2,(H2,15,16,17). The molecule has 0 saturated heterocycles. The highest BCUT2D eigenvalue weighted by atomic mass is 32.2. The minimum atomic E-state index is -3.78. The smallest absolute Gasteiger partial charge is 0.328 e. The fourth-order valence-electron chi connectivity index (χ4n) is 2.42. The zero-order valence-electron chi connectivity index (χ0n) is 11.3. The number of urea groups is 1. The number of carbonyl (C=O) groups is 1. The minimum absolute atomic E-state index is 0.0727. The van der Waals surface area contributed by atoms with E-state index in [1.807, 2.05) is 0 Å². The van der Waals surface area contributed by atoms with Crippen LogP contribution in [0.2, 0.25) is 0 Å². The quantitative estimate of drug-likeness (QED) is 0.841. The van der Waals surface area contributed by atoms with E-state index in [-0.39, 0.29) is 10.9 Å². The van der Waals surface area contributed by atoms with Crippen molar-refractivity contribution in [1.29, 1.82) is 0 Å². The monoisotopic (exact) mass is 296 g/mol. The maximum absolute atomic E-state index is 12.0. The summed E-state index contributed by atoms with van der Waals surface area (Å²) in [5.41, 5.74) is 0. The lowest BCUT2D eigenvalue weighted by molar-refractivity contribution is 0.240. The summed E-state index contributed by atoms with van der Waals surface area (Å²) in [5.74, 6) is 0. The molecule has 0 aromatic heterocycles. The van der Waals surface area contributed by atoms with Crippen LogP contribution in [-0.4, -0.2) is 20.5 Å². The predicted octanol–water partition coefficient (Wildman–Crippen LogP) is 2.40. The maximum atomic E-state index is 12.0. The van der Waals surface area contributed by atoms with E-state index in [0.717, 1.165) is 25.7 Å². The van der Waals surface area contributed by atoms with Crippen LogP contribution in [0, 0.1) is 0 Å². The van der Waals surface area contributed by atoms with Crippen molar-refractivity contribution in [2.75, 3.05) is 0 Å². The minimum Gasteiger partial charge on any atom is -0.335 e. The second-order valence-corrected chi connectivity index (χ2v) is 6.76. The molecule has 1 aliphatic rings. The van der Waals surface area contributed by atoms with E-state index in [1.54, 1.807) is 18.2 Å². The normalized spacial score (nSPS) is 17.2. The Morgan fingerprint density at radius 3 is 2.20 bits per heavy atom. The third-order valence-electron chi connectivity index (χ3n) is 3.47. The van der Waals surface area contributed by atoms with Crippen molar-refractivity contribution in [3.63, 3.8) is 0 Å². The molecule has 0 aliphatic heterocycles. The van der Waals surface area contributed by atoms with Crippen molar-refractivity contribution in [3.05, 3.63) is 30.3 Å². The molecule has 0 heterocycles. The lowest BCUT2D eigenvalue weighted by Gasteiger charge is -2.16. The van der Waals surface area contributed by atoms with Gasteiger partial charge in [0.25, 0.3) is 10.0 Å². The molecule has 2 amide bonds. The van der Waals surface area contributed by atoms with Gasteiger partial charge in [-0.3, -0.25) is 0 Å². The number of rotatable bonds is 3. The number of hydrogen-bond acceptors (Lipinski definition) is 3. The van der Waals surface area contributed by atoms with E-state index in [2.05, 4.69) is 10.0 Å². The first-order chi connectivity index (χ1) is 9.58. The van der Waals surface area contributed by atoms with E-state index in [0.29, 0.717) is 0 Å². The van der Waals surface area contributed by atoms with Crippen LogP contribution in [0.5, 0.6) is 0 Å².